The van der Waals surface area contributed by atoms with E-state index in [0.717, 1.165) is 19.7 Å². The number of halogens is 1. The molecule has 2 aromatic carbocycles. The molecular formula is C20H19BrN2O2S. The van der Waals surface area contributed by atoms with Crippen molar-refractivity contribution in [3.8, 4) is 0 Å². The minimum absolute atomic E-state index is 0.0214. The fraction of sp³-hybridized carbons (Fsp3) is 0.250. The predicted octanol–water partition coefficient (Wildman–Crippen LogP) is 5.24. The van der Waals surface area contributed by atoms with Gasteiger partial charge >= 0.3 is 0 Å². The van der Waals surface area contributed by atoms with Gasteiger partial charge in [-0.1, -0.05) is 40.2 Å². The molecule has 26 heavy (non-hydrogen) atoms. The third kappa shape index (κ3) is 4.19. The van der Waals surface area contributed by atoms with Gasteiger partial charge < -0.3 is 4.90 Å². The highest BCUT2D eigenvalue weighted by Gasteiger charge is 2.21. The standard InChI is InChI=1S/C20H19BrN2O2S/c1-13(20-22-16-5-3-4-6-18(16)26-20)23(2)19(25)12-11-17(24)14-7-9-15(21)10-8-14/h3-10,13H,11-12H2,1-2H3. The molecular weight excluding hydrogens is 412 g/mol. The maximum Gasteiger partial charge on any atom is 0.223 e. The predicted molar refractivity (Wildman–Crippen MR) is 109 cm³/mol. The summed E-state index contributed by atoms with van der Waals surface area (Å²) in [7, 11) is 1.77. The third-order valence-electron chi connectivity index (χ3n) is 4.37. The first-order valence-corrected chi connectivity index (χ1v) is 9.96. The molecule has 0 spiro atoms. The number of amides is 1. The number of thiazole rings is 1. The maximum absolute atomic E-state index is 12.5. The van der Waals surface area contributed by atoms with Crippen LogP contribution in [0.2, 0.25) is 0 Å². The molecule has 0 aliphatic heterocycles. The van der Waals surface area contributed by atoms with Crippen LogP contribution >= 0.6 is 27.3 Å². The molecule has 0 aliphatic rings. The zero-order chi connectivity index (χ0) is 18.7. The minimum Gasteiger partial charge on any atom is -0.337 e. The number of aromatic nitrogens is 1. The molecule has 4 nitrogen and oxygen atoms in total. The normalized spacial score (nSPS) is 12.1. The number of Topliss-reactive ketones (excluding diaryl/α,β-unsaturated/α-hetero) is 1. The summed E-state index contributed by atoms with van der Waals surface area (Å²) < 4.78 is 2.04. The van der Waals surface area contributed by atoms with Crippen molar-refractivity contribution in [2.24, 2.45) is 0 Å². The van der Waals surface area contributed by atoms with Gasteiger partial charge in [-0.25, -0.2) is 4.98 Å². The molecule has 1 atom stereocenters. The summed E-state index contributed by atoms with van der Waals surface area (Å²) in [6.45, 7) is 1.96. The van der Waals surface area contributed by atoms with Crippen molar-refractivity contribution in [2.45, 2.75) is 25.8 Å². The van der Waals surface area contributed by atoms with E-state index in [1.807, 2.05) is 43.3 Å². The van der Waals surface area contributed by atoms with Gasteiger partial charge in [0, 0.05) is 29.9 Å². The average molecular weight is 431 g/mol. The molecule has 0 aliphatic carbocycles. The molecule has 0 saturated carbocycles. The molecule has 1 unspecified atom stereocenters. The van der Waals surface area contributed by atoms with E-state index in [4.69, 9.17) is 0 Å². The highest BCUT2D eigenvalue weighted by atomic mass is 79.9. The van der Waals surface area contributed by atoms with Gasteiger partial charge in [-0.2, -0.15) is 0 Å². The molecule has 0 radical (unpaired) electrons. The summed E-state index contributed by atoms with van der Waals surface area (Å²) in [4.78, 5) is 31.0. The summed E-state index contributed by atoms with van der Waals surface area (Å²) >= 11 is 4.95. The fourth-order valence-corrected chi connectivity index (χ4v) is 3.95. The Morgan fingerprint density at radius 1 is 1.12 bits per heavy atom. The molecule has 6 heteroatoms. The van der Waals surface area contributed by atoms with Crippen LogP contribution in [-0.2, 0) is 4.79 Å². The summed E-state index contributed by atoms with van der Waals surface area (Å²) in [5, 5.41) is 0.904. The van der Waals surface area contributed by atoms with Crippen LogP contribution in [0.15, 0.2) is 53.0 Å². The number of nitrogens with zero attached hydrogens (tertiary/aromatic N) is 2. The van der Waals surface area contributed by atoms with E-state index in [0.29, 0.717) is 5.56 Å². The van der Waals surface area contributed by atoms with Gasteiger partial charge in [-0.3, -0.25) is 9.59 Å². The second kappa shape index (κ2) is 8.10. The van der Waals surface area contributed by atoms with Crippen LogP contribution in [0, 0.1) is 0 Å². The van der Waals surface area contributed by atoms with Crippen LogP contribution in [0.1, 0.15) is 41.2 Å². The Hall–Kier alpha value is -2.05. The van der Waals surface area contributed by atoms with Gasteiger partial charge in [0.1, 0.15) is 5.01 Å². The number of carbonyl (C=O) groups is 2. The summed E-state index contributed by atoms with van der Waals surface area (Å²) in [5.74, 6) is -0.0749. The van der Waals surface area contributed by atoms with Crippen molar-refractivity contribution in [2.75, 3.05) is 7.05 Å². The summed E-state index contributed by atoms with van der Waals surface area (Å²) in [6, 6.07) is 15.0. The van der Waals surface area contributed by atoms with E-state index in [-0.39, 0.29) is 30.6 Å². The lowest BCUT2D eigenvalue weighted by Gasteiger charge is -2.23. The first kappa shape index (κ1) is 18.7. The Labute approximate surface area is 165 Å². The highest BCUT2D eigenvalue weighted by Crippen LogP contribution is 2.29. The molecule has 0 N–H and O–H groups in total. The molecule has 0 saturated heterocycles. The Morgan fingerprint density at radius 3 is 2.50 bits per heavy atom. The number of para-hydroxylation sites is 1. The number of fused-ring (bicyclic) bond motifs is 1. The second-order valence-electron chi connectivity index (χ2n) is 6.13. The second-order valence-corrected chi connectivity index (χ2v) is 8.11. The molecule has 1 heterocycles. The van der Waals surface area contributed by atoms with Gasteiger partial charge in [0.15, 0.2) is 5.78 Å². The lowest BCUT2D eigenvalue weighted by atomic mass is 10.1. The lowest BCUT2D eigenvalue weighted by molar-refractivity contribution is -0.131. The quantitative estimate of drug-likeness (QED) is 0.502. The van der Waals surface area contributed by atoms with Crippen LogP contribution in [0.25, 0.3) is 10.2 Å². The van der Waals surface area contributed by atoms with E-state index in [1.165, 1.54) is 0 Å². The SMILES string of the molecule is CC(c1nc2ccccc2s1)N(C)C(=O)CCC(=O)c1ccc(Br)cc1. The van der Waals surface area contributed by atoms with Crippen molar-refractivity contribution in [3.63, 3.8) is 0 Å². The van der Waals surface area contributed by atoms with Crippen LogP contribution < -0.4 is 0 Å². The molecule has 1 amide bonds. The number of benzene rings is 2. The van der Waals surface area contributed by atoms with Crippen molar-refractivity contribution >= 4 is 49.2 Å². The largest absolute Gasteiger partial charge is 0.337 e. The number of rotatable bonds is 6. The van der Waals surface area contributed by atoms with Crippen molar-refractivity contribution in [1.82, 2.24) is 9.88 Å². The van der Waals surface area contributed by atoms with Crippen molar-refractivity contribution in [1.29, 1.82) is 0 Å². The Bertz CT molecular complexity index is 903. The van der Waals surface area contributed by atoms with Crippen LogP contribution in [0.4, 0.5) is 0 Å². The van der Waals surface area contributed by atoms with Gasteiger partial charge in [-0.15, -0.1) is 11.3 Å². The lowest BCUT2D eigenvalue weighted by Crippen LogP contribution is -2.29. The molecule has 134 valence electrons. The maximum atomic E-state index is 12.5. The van der Waals surface area contributed by atoms with Crippen LogP contribution in [-0.4, -0.2) is 28.6 Å². The van der Waals surface area contributed by atoms with E-state index in [9.17, 15) is 9.59 Å². The number of ketones is 1. The fourth-order valence-electron chi connectivity index (χ4n) is 2.63. The van der Waals surface area contributed by atoms with E-state index in [1.54, 1.807) is 35.4 Å². The molecule has 0 bridgehead atoms. The van der Waals surface area contributed by atoms with Crippen molar-refractivity contribution < 1.29 is 9.59 Å². The number of hydrogen-bond acceptors (Lipinski definition) is 4. The molecule has 0 fully saturated rings. The average Bonchev–Trinajstić information content (AvgIpc) is 3.09. The first-order valence-electron chi connectivity index (χ1n) is 8.35. The zero-order valence-electron chi connectivity index (χ0n) is 14.6. The first-order chi connectivity index (χ1) is 12.5. The van der Waals surface area contributed by atoms with Gasteiger partial charge in [0.25, 0.3) is 0 Å². The van der Waals surface area contributed by atoms with Crippen LogP contribution in [0.5, 0.6) is 0 Å². The highest BCUT2D eigenvalue weighted by molar-refractivity contribution is 9.10. The van der Waals surface area contributed by atoms with E-state index < -0.39 is 0 Å². The number of hydrogen-bond donors (Lipinski definition) is 0. The summed E-state index contributed by atoms with van der Waals surface area (Å²) in [6.07, 6.45) is 0.401. The Morgan fingerprint density at radius 2 is 1.81 bits per heavy atom. The topological polar surface area (TPSA) is 50.3 Å². The van der Waals surface area contributed by atoms with Gasteiger partial charge in [-0.05, 0) is 31.2 Å². The molecule has 3 aromatic rings. The molecule has 1 aromatic heterocycles. The van der Waals surface area contributed by atoms with Gasteiger partial charge in [0.05, 0.1) is 16.3 Å². The Balaban J connectivity index is 1.61. The van der Waals surface area contributed by atoms with Gasteiger partial charge in [0.2, 0.25) is 5.91 Å². The zero-order valence-corrected chi connectivity index (χ0v) is 17.0. The third-order valence-corrected chi connectivity index (χ3v) is 6.11. The van der Waals surface area contributed by atoms with E-state index >= 15 is 0 Å². The summed E-state index contributed by atoms with van der Waals surface area (Å²) in [5.41, 5.74) is 1.58. The smallest absolute Gasteiger partial charge is 0.223 e. The van der Waals surface area contributed by atoms with E-state index in [2.05, 4.69) is 20.9 Å². The molecule has 3 rings (SSSR count). The monoisotopic (exact) mass is 430 g/mol. The Kier molecular flexibility index (Phi) is 5.84. The van der Waals surface area contributed by atoms with Crippen molar-refractivity contribution in [3.05, 3.63) is 63.6 Å². The minimum atomic E-state index is -0.123. The van der Waals surface area contributed by atoms with Crippen LogP contribution in [0.3, 0.4) is 0 Å². The number of carbonyl (C=O) groups excluding carboxylic acids is 2.